The van der Waals surface area contributed by atoms with E-state index in [2.05, 4.69) is 10.3 Å². The maximum atomic E-state index is 13.1. The Kier molecular flexibility index (Phi) is 5.03. The first-order valence-electron chi connectivity index (χ1n) is 9.33. The summed E-state index contributed by atoms with van der Waals surface area (Å²) in [5.74, 6) is -0.255. The second-order valence-corrected chi connectivity index (χ2v) is 8.10. The Morgan fingerprint density at radius 1 is 1.07 bits per heavy atom. The van der Waals surface area contributed by atoms with Gasteiger partial charge in [-0.2, -0.15) is 0 Å². The van der Waals surface area contributed by atoms with E-state index in [9.17, 15) is 9.59 Å². The lowest BCUT2D eigenvalue weighted by Gasteiger charge is -2.10. The van der Waals surface area contributed by atoms with E-state index in [0.29, 0.717) is 10.2 Å². The van der Waals surface area contributed by atoms with Crippen LogP contribution < -0.4 is 10.9 Å². The number of hydrogen-bond donors (Lipinski definition) is 1. The molecule has 0 aliphatic heterocycles. The predicted molar refractivity (Wildman–Crippen MR) is 119 cm³/mol. The number of thiophene rings is 1. The summed E-state index contributed by atoms with van der Waals surface area (Å²) in [6, 6.07) is 13.9. The van der Waals surface area contributed by atoms with Gasteiger partial charge in [0, 0.05) is 16.6 Å². The lowest BCUT2D eigenvalue weighted by atomic mass is 10.1. The fraction of sp³-hybridized carbons (Fsp3) is 0.174. The van der Waals surface area contributed by atoms with Gasteiger partial charge in [-0.1, -0.05) is 42.0 Å². The van der Waals surface area contributed by atoms with Crippen LogP contribution in [-0.4, -0.2) is 15.5 Å². The predicted octanol–water partition coefficient (Wildman–Crippen LogP) is 4.69. The molecule has 0 radical (unpaired) electrons. The number of aromatic nitrogens is 2. The molecule has 5 nitrogen and oxygen atoms in total. The van der Waals surface area contributed by atoms with Gasteiger partial charge in [0.2, 0.25) is 5.91 Å². The minimum absolute atomic E-state index is 0.0850. The average molecular weight is 404 g/mol. The highest BCUT2D eigenvalue weighted by atomic mass is 32.1. The number of carbonyl (C=O) groups excluding carboxylic acids is 1. The molecule has 0 saturated heterocycles. The van der Waals surface area contributed by atoms with Gasteiger partial charge < -0.3 is 5.32 Å². The molecule has 29 heavy (non-hydrogen) atoms. The minimum atomic E-state index is -0.255. The summed E-state index contributed by atoms with van der Waals surface area (Å²) in [6.45, 7) is 5.85. The van der Waals surface area contributed by atoms with Gasteiger partial charge in [0.1, 0.15) is 11.4 Å². The Labute approximate surface area is 172 Å². The molecular weight excluding hydrogens is 382 g/mol. The molecule has 4 aromatic rings. The molecule has 4 rings (SSSR count). The normalized spacial score (nSPS) is 11.0. The molecule has 146 valence electrons. The molecule has 0 unspecified atom stereocenters. The number of nitrogens with zero attached hydrogens (tertiary/aromatic N) is 2. The molecule has 0 atom stereocenters. The van der Waals surface area contributed by atoms with Crippen molar-refractivity contribution in [1.29, 1.82) is 0 Å². The molecule has 0 fully saturated rings. The molecule has 0 aliphatic carbocycles. The smallest absolute Gasteiger partial charge is 0.263 e. The largest absolute Gasteiger partial charge is 0.324 e. The quantitative estimate of drug-likeness (QED) is 0.538. The summed E-state index contributed by atoms with van der Waals surface area (Å²) in [4.78, 5) is 30.8. The van der Waals surface area contributed by atoms with E-state index in [1.807, 2.05) is 68.6 Å². The minimum Gasteiger partial charge on any atom is -0.324 e. The lowest BCUT2D eigenvalue weighted by Crippen LogP contribution is -2.28. The van der Waals surface area contributed by atoms with Crippen LogP contribution in [0, 0.1) is 20.8 Å². The van der Waals surface area contributed by atoms with E-state index in [1.54, 1.807) is 0 Å². The van der Waals surface area contributed by atoms with E-state index >= 15 is 0 Å². The fourth-order valence-electron chi connectivity index (χ4n) is 3.24. The molecular formula is C23H21N3O2S. The van der Waals surface area contributed by atoms with Crippen molar-refractivity contribution >= 4 is 33.1 Å². The Morgan fingerprint density at radius 2 is 1.79 bits per heavy atom. The van der Waals surface area contributed by atoms with Crippen molar-refractivity contribution in [2.24, 2.45) is 0 Å². The zero-order chi connectivity index (χ0) is 20.5. The summed E-state index contributed by atoms with van der Waals surface area (Å²) in [5.41, 5.74) is 5.57. The second-order valence-electron chi connectivity index (χ2n) is 7.24. The lowest BCUT2D eigenvalue weighted by molar-refractivity contribution is -0.116. The van der Waals surface area contributed by atoms with Crippen molar-refractivity contribution in [2.75, 3.05) is 5.32 Å². The topological polar surface area (TPSA) is 64.0 Å². The van der Waals surface area contributed by atoms with Crippen LogP contribution in [-0.2, 0) is 11.3 Å². The first kappa shape index (κ1) is 19.1. The Bertz CT molecular complexity index is 1270. The van der Waals surface area contributed by atoms with Crippen LogP contribution in [0.2, 0.25) is 0 Å². The van der Waals surface area contributed by atoms with Crippen LogP contribution in [0.3, 0.4) is 0 Å². The zero-order valence-electron chi connectivity index (χ0n) is 16.5. The summed E-state index contributed by atoms with van der Waals surface area (Å²) >= 11 is 1.44. The molecule has 6 heteroatoms. The molecule has 2 aromatic carbocycles. The Balaban J connectivity index is 1.66. The van der Waals surface area contributed by atoms with Gasteiger partial charge >= 0.3 is 0 Å². The number of rotatable bonds is 4. The average Bonchev–Trinajstić information content (AvgIpc) is 3.12. The molecule has 0 aliphatic rings. The van der Waals surface area contributed by atoms with Gasteiger partial charge in [0.25, 0.3) is 5.56 Å². The van der Waals surface area contributed by atoms with E-state index in [-0.39, 0.29) is 18.0 Å². The van der Waals surface area contributed by atoms with Gasteiger partial charge in [-0.05, 0) is 43.5 Å². The number of nitrogens with one attached hydrogen (secondary N) is 1. The monoisotopic (exact) mass is 403 g/mol. The molecule has 1 amide bonds. The number of anilines is 1. The van der Waals surface area contributed by atoms with E-state index < -0.39 is 0 Å². The van der Waals surface area contributed by atoms with Gasteiger partial charge in [-0.3, -0.25) is 14.2 Å². The Morgan fingerprint density at radius 3 is 2.55 bits per heavy atom. The number of hydrogen-bond acceptors (Lipinski definition) is 4. The maximum Gasteiger partial charge on any atom is 0.263 e. The van der Waals surface area contributed by atoms with E-state index in [4.69, 9.17) is 0 Å². The fourth-order valence-corrected chi connectivity index (χ4v) is 4.15. The van der Waals surface area contributed by atoms with Crippen molar-refractivity contribution in [3.05, 3.63) is 81.2 Å². The van der Waals surface area contributed by atoms with Crippen molar-refractivity contribution < 1.29 is 4.79 Å². The molecule has 1 N–H and O–H groups in total. The second kappa shape index (κ2) is 7.64. The van der Waals surface area contributed by atoms with Gasteiger partial charge in [-0.15, -0.1) is 11.3 Å². The third kappa shape index (κ3) is 3.84. The molecule has 2 heterocycles. The zero-order valence-corrected chi connectivity index (χ0v) is 17.3. The molecule has 0 spiro atoms. The van der Waals surface area contributed by atoms with Crippen molar-refractivity contribution in [3.63, 3.8) is 0 Å². The SMILES string of the molecule is Cc1ccc(-c2csc3ncn(CC(=O)Nc4cc(C)ccc4C)c(=O)c23)cc1. The van der Waals surface area contributed by atoms with Crippen LogP contribution in [0.25, 0.3) is 21.3 Å². The van der Waals surface area contributed by atoms with Crippen LogP contribution in [0.5, 0.6) is 0 Å². The first-order chi connectivity index (χ1) is 13.9. The summed E-state index contributed by atoms with van der Waals surface area (Å²) < 4.78 is 1.37. The standard InChI is InChI=1S/C23H21N3O2S/c1-14-5-8-17(9-6-14)18-12-29-22-21(18)23(28)26(13-24-22)11-20(27)25-19-10-15(2)4-7-16(19)3/h4-10,12-13H,11H2,1-3H3,(H,25,27). The molecule has 2 aromatic heterocycles. The number of fused-ring (bicyclic) bond motifs is 1. The van der Waals surface area contributed by atoms with Crippen molar-refractivity contribution in [1.82, 2.24) is 9.55 Å². The van der Waals surface area contributed by atoms with E-state index in [1.165, 1.54) is 22.2 Å². The highest BCUT2D eigenvalue weighted by Crippen LogP contribution is 2.30. The van der Waals surface area contributed by atoms with Crippen LogP contribution in [0.15, 0.2) is 59.0 Å². The van der Waals surface area contributed by atoms with Crippen LogP contribution >= 0.6 is 11.3 Å². The Hall–Kier alpha value is -3.25. The van der Waals surface area contributed by atoms with Gasteiger partial charge in [-0.25, -0.2) is 4.98 Å². The number of benzene rings is 2. The third-order valence-electron chi connectivity index (χ3n) is 4.90. The van der Waals surface area contributed by atoms with Crippen LogP contribution in [0.1, 0.15) is 16.7 Å². The van der Waals surface area contributed by atoms with Crippen LogP contribution in [0.4, 0.5) is 5.69 Å². The van der Waals surface area contributed by atoms with E-state index in [0.717, 1.165) is 33.5 Å². The summed E-state index contributed by atoms with van der Waals surface area (Å²) in [5, 5.41) is 5.40. The number of amides is 1. The summed E-state index contributed by atoms with van der Waals surface area (Å²) in [6.07, 6.45) is 1.45. The first-order valence-corrected chi connectivity index (χ1v) is 10.2. The van der Waals surface area contributed by atoms with Crippen molar-refractivity contribution in [2.45, 2.75) is 27.3 Å². The molecule has 0 saturated carbocycles. The van der Waals surface area contributed by atoms with Crippen molar-refractivity contribution in [3.8, 4) is 11.1 Å². The number of aryl methyl sites for hydroxylation is 3. The molecule has 0 bridgehead atoms. The summed E-state index contributed by atoms with van der Waals surface area (Å²) in [7, 11) is 0. The maximum absolute atomic E-state index is 13.1. The van der Waals surface area contributed by atoms with Gasteiger partial charge in [0.15, 0.2) is 0 Å². The van der Waals surface area contributed by atoms with Gasteiger partial charge in [0.05, 0.1) is 11.7 Å². The third-order valence-corrected chi connectivity index (χ3v) is 5.79. The highest BCUT2D eigenvalue weighted by molar-refractivity contribution is 7.17. The highest BCUT2D eigenvalue weighted by Gasteiger charge is 2.15. The number of carbonyl (C=O) groups is 1.